The molecule has 1 unspecified atom stereocenters. The van der Waals surface area contributed by atoms with Gasteiger partial charge in [-0.2, -0.15) is 0 Å². The SMILES string of the molecule is CC1=Cc2ccccc2[C]1([Ti])[Si](c1cc(C)cc(C)c1)(c1cc(C)cc(C)c1)c1cc(C)cc(C)c1.Cl.Cl.Cl. The average molecular weight is 629 g/mol. The summed E-state index contributed by atoms with van der Waals surface area (Å²) in [5.41, 5.74) is 12.3. The number of aryl methyl sites for hydroxylation is 6. The fourth-order valence-corrected chi connectivity index (χ4v) is 15.5. The molecule has 0 saturated carbocycles. The zero-order chi connectivity index (χ0) is 25.8. The Bertz CT molecular complexity index is 1360. The predicted molar refractivity (Wildman–Crippen MR) is 176 cm³/mol. The molecule has 1 aliphatic carbocycles. The van der Waals surface area contributed by atoms with Crippen molar-refractivity contribution >= 4 is 66.9 Å². The van der Waals surface area contributed by atoms with Gasteiger partial charge in [0.25, 0.3) is 0 Å². The third-order valence-electron chi connectivity index (χ3n) is 7.85. The fraction of sp³-hybridized carbons (Fsp3) is 0.235. The van der Waals surface area contributed by atoms with E-state index >= 15 is 0 Å². The normalized spacial score (nSPS) is 15.8. The molecular weight excluding hydrogens is 591 g/mol. The van der Waals surface area contributed by atoms with Gasteiger partial charge in [0.15, 0.2) is 0 Å². The minimum absolute atomic E-state index is 0. The van der Waals surface area contributed by atoms with Crippen LogP contribution < -0.4 is 15.6 Å². The monoisotopic (exact) mass is 627 g/mol. The van der Waals surface area contributed by atoms with Gasteiger partial charge in [0.1, 0.15) is 0 Å². The molecule has 0 saturated heterocycles. The number of hydrogen-bond donors (Lipinski definition) is 0. The second kappa shape index (κ2) is 12.5. The van der Waals surface area contributed by atoms with Crippen molar-refractivity contribution < 1.29 is 20.4 Å². The molecule has 1 atom stereocenters. The molecule has 0 spiro atoms. The van der Waals surface area contributed by atoms with Crippen molar-refractivity contribution in [1.29, 1.82) is 0 Å². The zero-order valence-corrected chi connectivity index (χ0v) is 28.8. The van der Waals surface area contributed by atoms with E-state index in [0.29, 0.717) is 0 Å². The molecule has 4 aromatic carbocycles. The van der Waals surface area contributed by atoms with E-state index in [1.165, 1.54) is 65.6 Å². The Morgan fingerprint density at radius 1 is 0.513 bits per heavy atom. The summed E-state index contributed by atoms with van der Waals surface area (Å²) in [4.78, 5) is 0. The molecular formula is C34H38Cl3SiTi. The predicted octanol–water partition coefficient (Wildman–Crippen LogP) is 7.67. The van der Waals surface area contributed by atoms with Crippen LogP contribution in [0.2, 0.25) is 0 Å². The maximum Gasteiger partial charge on any atom is -0.147 e. The molecule has 203 valence electrons. The summed E-state index contributed by atoms with van der Waals surface area (Å²) in [5, 5.41) is 4.51. The molecule has 0 radical (unpaired) electrons. The maximum absolute atomic E-state index is 2.69. The number of halogens is 3. The van der Waals surface area contributed by atoms with Gasteiger partial charge >= 0.3 is 231 Å². The van der Waals surface area contributed by atoms with Gasteiger partial charge in [-0.15, -0.1) is 37.2 Å². The molecule has 5 rings (SSSR count). The van der Waals surface area contributed by atoms with Crippen molar-refractivity contribution in [3.63, 3.8) is 0 Å². The molecule has 0 amide bonds. The van der Waals surface area contributed by atoms with Crippen LogP contribution in [0.5, 0.6) is 0 Å². The molecule has 39 heavy (non-hydrogen) atoms. The third-order valence-corrected chi connectivity index (χ3v) is 15.9. The number of allylic oxidation sites excluding steroid dienone is 1. The molecule has 0 fully saturated rings. The van der Waals surface area contributed by atoms with E-state index in [4.69, 9.17) is 0 Å². The molecule has 5 heteroatoms. The summed E-state index contributed by atoms with van der Waals surface area (Å²) in [7, 11) is -2.69. The van der Waals surface area contributed by atoms with Crippen molar-refractivity contribution in [2.75, 3.05) is 0 Å². The molecule has 0 N–H and O–H groups in total. The zero-order valence-electron chi connectivity index (χ0n) is 23.8. The first-order valence-corrected chi connectivity index (χ1v) is 15.6. The van der Waals surface area contributed by atoms with E-state index in [-0.39, 0.29) is 40.6 Å². The molecule has 0 aromatic heterocycles. The van der Waals surface area contributed by atoms with E-state index in [1.54, 1.807) is 0 Å². The van der Waals surface area contributed by atoms with Crippen molar-refractivity contribution in [3.8, 4) is 0 Å². The molecule has 0 heterocycles. The van der Waals surface area contributed by atoms with Crippen LogP contribution in [-0.2, 0) is 23.8 Å². The van der Waals surface area contributed by atoms with Crippen molar-refractivity contribution in [2.24, 2.45) is 0 Å². The summed E-state index contributed by atoms with van der Waals surface area (Å²) in [6.45, 7) is 15.9. The van der Waals surface area contributed by atoms with Crippen molar-refractivity contribution in [2.45, 2.75) is 51.8 Å². The van der Waals surface area contributed by atoms with E-state index in [9.17, 15) is 0 Å². The van der Waals surface area contributed by atoms with Gasteiger partial charge in [-0.25, -0.2) is 0 Å². The van der Waals surface area contributed by atoms with E-state index in [0.717, 1.165) is 0 Å². The molecule has 1 aliphatic rings. The van der Waals surface area contributed by atoms with Crippen LogP contribution in [0.1, 0.15) is 51.4 Å². The number of fused-ring (bicyclic) bond motifs is 1. The molecule has 4 aromatic rings. The summed E-state index contributed by atoms with van der Waals surface area (Å²) in [6.07, 6.45) is 2.45. The minimum atomic E-state index is -2.69. The topological polar surface area (TPSA) is 0 Å². The largest absolute Gasteiger partial charge is 0.147 e. The van der Waals surface area contributed by atoms with Crippen LogP contribution in [0, 0.1) is 41.5 Å². The standard InChI is InChI=1S/C34H35Si.3ClH.Ti/c1-22-12-23(2)16-30(15-22)35(31-17-24(3)13-25(4)18-31,32-19-26(5)14-27(6)20-32)34-28(7)21-29-10-8-9-11-33(29)34;;;;/h8-21H,1-7H3;3*1H;. The van der Waals surface area contributed by atoms with Crippen LogP contribution in [0.15, 0.2) is 84.4 Å². The smallest absolute Gasteiger partial charge is 0.147 e. The Balaban J connectivity index is 0.00000178. The first-order chi connectivity index (χ1) is 17.0. The van der Waals surface area contributed by atoms with E-state index in [2.05, 4.69) is 154 Å². The van der Waals surface area contributed by atoms with E-state index in [1.807, 2.05) is 0 Å². The minimum Gasteiger partial charge on any atom is -0.147 e. The van der Waals surface area contributed by atoms with Gasteiger partial charge in [-0.1, -0.05) is 0 Å². The summed E-state index contributed by atoms with van der Waals surface area (Å²) >= 11 is 2.55. The van der Waals surface area contributed by atoms with Crippen molar-refractivity contribution in [3.05, 3.63) is 129 Å². The van der Waals surface area contributed by atoms with Gasteiger partial charge in [-0.05, 0) is 0 Å². The van der Waals surface area contributed by atoms with Gasteiger partial charge in [0.2, 0.25) is 0 Å². The number of benzene rings is 4. The molecule has 0 nitrogen and oxygen atoms in total. The molecule has 0 aliphatic heterocycles. The Kier molecular flexibility index (Phi) is 10.8. The Labute approximate surface area is 266 Å². The van der Waals surface area contributed by atoms with Crippen LogP contribution in [0.4, 0.5) is 0 Å². The fourth-order valence-electron chi connectivity index (χ4n) is 6.74. The summed E-state index contributed by atoms with van der Waals surface area (Å²) in [5.74, 6) is 0. The van der Waals surface area contributed by atoms with Crippen LogP contribution in [-0.4, -0.2) is 8.07 Å². The van der Waals surface area contributed by atoms with Gasteiger partial charge in [-0.3, -0.25) is 0 Å². The Morgan fingerprint density at radius 3 is 1.21 bits per heavy atom. The first kappa shape index (κ1) is 33.6. The first-order valence-electron chi connectivity index (χ1n) is 12.9. The molecule has 0 bridgehead atoms. The van der Waals surface area contributed by atoms with Gasteiger partial charge in [0.05, 0.1) is 0 Å². The summed E-state index contributed by atoms with van der Waals surface area (Å²) in [6, 6.07) is 31.0. The van der Waals surface area contributed by atoms with Gasteiger partial charge in [0, 0.05) is 0 Å². The Hall–Kier alpha value is -1.58. The van der Waals surface area contributed by atoms with Crippen molar-refractivity contribution in [1.82, 2.24) is 0 Å². The Morgan fingerprint density at radius 2 is 0.846 bits per heavy atom. The quantitative estimate of drug-likeness (QED) is 0.161. The van der Waals surface area contributed by atoms with E-state index < -0.39 is 8.07 Å². The maximum atomic E-state index is 2.55. The van der Waals surface area contributed by atoms with Crippen LogP contribution in [0.25, 0.3) is 6.08 Å². The summed E-state index contributed by atoms with van der Waals surface area (Å²) < 4.78 is -0.135. The van der Waals surface area contributed by atoms with Gasteiger partial charge < -0.3 is 0 Å². The average Bonchev–Trinajstić information content (AvgIpc) is 3.03. The number of rotatable bonds is 4. The third kappa shape index (κ3) is 5.52. The van der Waals surface area contributed by atoms with Crippen LogP contribution in [0.3, 0.4) is 0 Å². The van der Waals surface area contributed by atoms with Crippen LogP contribution >= 0.6 is 37.2 Å². The second-order valence-corrected chi connectivity index (χ2v) is 17.0. The number of hydrogen-bond acceptors (Lipinski definition) is 0. The second-order valence-electron chi connectivity index (χ2n) is 11.0.